The van der Waals surface area contributed by atoms with Crippen molar-refractivity contribution < 1.29 is 18.7 Å². The minimum Gasteiger partial charge on any atom is -0.490 e. The number of rotatable bonds is 3. The molecule has 1 heterocycles. The Morgan fingerprint density at radius 1 is 1.35 bits per heavy atom. The van der Waals surface area contributed by atoms with Gasteiger partial charge in [-0.15, -0.1) is 0 Å². The minimum absolute atomic E-state index is 0.101. The van der Waals surface area contributed by atoms with Crippen molar-refractivity contribution in [2.75, 3.05) is 7.11 Å². The molecular weight excluding hydrogens is 261 g/mol. The van der Waals surface area contributed by atoms with E-state index < -0.39 is 11.8 Å². The Morgan fingerprint density at radius 2 is 2.05 bits per heavy atom. The average Bonchev–Trinajstić information content (AvgIpc) is 2.41. The van der Waals surface area contributed by atoms with E-state index in [2.05, 4.69) is 9.72 Å². The number of carbonyl (C=O) groups is 1. The predicted octanol–water partition coefficient (Wildman–Crippen LogP) is 3.26. The van der Waals surface area contributed by atoms with Crippen LogP contribution in [0.2, 0.25) is 0 Å². The molecule has 1 aromatic heterocycles. The van der Waals surface area contributed by atoms with Crippen LogP contribution in [0.15, 0.2) is 18.2 Å². The zero-order valence-corrected chi connectivity index (χ0v) is 11.9. The first-order chi connectivity index (χ1) is 9.43. The number of carbonyl (C=O) groups excluding carboxylic acids is 1. The van der Waals surface area contributed by atoms with E-state index in [4.69, 9.17) is 4.74 Å². The summed E-state index contributed by atoms with van der Waals surface area (Å²) < 4.78 is 24.3. The van der Waals surface area contributed by atoms with Gasteiger partial charge in [0, 0.05) is 6.07 Å². The summed E-state index contributed by atoms with van der Waals surface area (Å²) in [5, 5.41) is 0.284. The fraction of sp³-hybridized carbons (Fsp3) is 0.333. The SMILES string of the molecule is COC(=O)c1cc(OC(C)C)c2c(F)ccc(C)c2n1. The van der Waals surface area contributed by atoms with Crippen LogP contribution in [-0.4, -0.2) is 24.2 Å². The first-order valence-corrected chi connectivity index (χ1v) is 6.29. The van der Waals surface area contributed by atoms with Gasteiger partial charge in [-0.3, -0.25) is 0 Å². The number of hydrogen-bond acceptors (Lipinski definition) is 4. The summed E-state index contributed by atoms with van der Waals surface area (Å²) in [5.74, 6) is -0.707. The number of nitrogens with zero attached hydrogens (tertiary/aromatic N) is 1. The molecule has 0 fully saturated rings. The highest BCUT2D eigenvalue weighted by Gasteiger charge is 2.18. The Morgan fingerprint density at radius 3 is 2.65 bits per heavy atom. The lowest BCUT2D eigenvalue weighted by atomic mass is 10.1. The predicted molar refractivity (Wildman–Crippen MR) is 73.5 cm³/mol. The molecule has 1 aromatic carbocycles. The van der Waals surface area contributed by atoms with E-state index in [0.717, 1.165) is 5.56 Å². The maximum atomic E-state index is 14.1. The van der Waals surface area contributed by atoms with E-state index in [9.17, 15) is 9.18 Å². The third kappa shape index (κ3) is 2.57. The van der Waals surface area contributed by atoms with Gasteiger partial charge in [0.1, 0.15) is 11.6 Å². The number of fused-ring (bicyclic) bond motifs is 1. The maximum absolute atomic E-state index is 14.1. The van der Waals surface area contributed by atoms with E-state index in [0.29, 0.717) is 11.3 Å². The maximum Gasteiger partial charge on any atom is 0.356 e. The second kappa shape index (κ2) is 5.45. The van der Waals surface area contributed by atoms with Crippen molar-refractivity contribution in [1.29, 1.82) is 0 Å². The molecule has 5 heteroatoms. The molecule has 0 bridgehead atoms. The summed E-state index contributed by atoms with van der Waals surface area (Å²) in [5.41, 5.74) is 1.27. The van der Waals surface area contributed by atoms with E-state index in [-0.39, 0.29) is 17.2 Å². The molecule has 2 rings (SSSR count). The molecule has 0 aliphatic rings. The first-order valence-electron chi connectivity index (χ1n) is 6.29. The van der Waals surface area contributed by atoms with Crippen molar-refractivity contribution in [2.45, 2.75) is 26.9 Å². The summed E-state index contributed by atoms with van der Waals surface area (Å²) in [4.78, 5) is 15.8. The molecule has 0 saturated carbocycles. The fourth-order valence-electron chi connectivity index (χ4n) is 1.95. The lowest BCUT2D eigenvalue weighted by Crippen LogP contribution is -2.10. The molecule has 0 amide bonds. The van der Waals surface area contributed by atoms with Crippen LogP contribution in [0.3, 0.4) is 0 Å². The molecule has 0 N–H and O–H groups in total. The second-order valence-electron chi connectivity index (χ2n) is 4.75. The third-order valence-electron chi connectivity index (χ3n) is 2.83. The molecule has 2 aromatic rings. The second-order valence-corrected chi connectivity index (χ2v) is 4.75. The van der Waals surface area contributed by atoms with E-state index in [1.54, 1.807) is 13.0 Å². The largest absolute Gasteiger partial charge is 0.490 e. The summed E-state index contributed by atoms with van der Waals surface area (Å²) in [7, 11) is 1.27. The van der Waals surface area contributed by atoms with Crippen molar-refractivity contribution in [3.63, 3.8) is 0 Å². The van der Waals surface area contributed by atoms with Crippen molar-refractivity contribution in [2.24, 2.45) is 0 Å². The van der Waals surface area contributed by atoms with Crippen LogP contribution in [-0.2, 0) is 4.74 Å². The number of pyridine rings is 1. The van der Waals surface area contributed by atoms with Crippen LogP contribution in [0.1, 0.15) is 29.9 Å². The molecule has 0 atom stereocenters. The first kappa shape index (κ1) is 14.2. The lowest BCUT2D eigenvalue weighted by molar-refractivity contribution is 0.0593. The molecule has 0 unspecified atom stereocenters. The highest BCUT2D eigenvalue weighted by atomic mass is 19.1. The number of hydrogen-bond donors (Lipinski definition) is 0. The number of halogens is 1. The highest BCUT2D eigenvalue weighted by Crippen LogP contribution is 2.31. The van der Waals surface area contributed by atoms with Gasteiger partial charge in [0.15, 0.2) is 5.69 Å². The lowest BCUT2D eigenvalue weighted by Gasteiger charge is -2.14. The van der Waals surface area contributed by atoms with Gasteiger partial charge in [-0.1, -0.05) is 6.07 Å². The third-order valence-corrected chi connectivity index (χ3v) is 2.83. The number of benzene rings is 1. The quantitative estimate of drug-likeness (QED) is 0.808. The van der Waals surface area contributed by atoms with Gasteiger partial charge in [0.25, 0.3) is 0 Å². The van der Waals surface area contributed by atoms with Crippen LogP contribution >= 0.6 is 0 Å². The fourth-order valence-corrected chi connectivity index (χ4v) is 1.95. The Labute approximate surface area is 116 Å². The standard InChI is InChI=1S/C15H16FNO3/c1-8(2)20-12-7-11(15(18)19-4)17-14-9(3)5-6-10(16)13(12)14/h5-8H,1-4H3. The van der Waals surface area contributed by atoms with Crippen molar-refractivity contribution in [3.8, 4) is 5.75 Å². The van der Waals surface area contributed by atoms with Gasteiger partial charge in [-0.05, 0) is 32.4 Å². The smallest absolute Gasteiger partial charge is 0.356 e. The van der Waals surface area contributed by atoms with Crippen LogP contribution in [0, 0.1) is 12.7 Å². The zero-order valence-electron chi connectivity index (χ0n) is 11.9. The number of aryl methyl sites for hydroxylation is 1. The monoisotopic (exact) mass is 277 g/mol. The van der Waals surface area contributed by atoms with E-state index in [1.807, 2.05) is 13.8 Å². The highest BCUT2D eigenvalue weighted by molar-refractivity contribution is 5.95. The van der Waals surface area contributed by atoms with Gasteiger partial charge in [0.2, 0.25) is 0 Å². The van der Waals surface area contributed by atoms with Gasteiger partial charge >= 0.3 is 5.97 Å². The van der Waals surface area contributed by atoms with Crippen LogP contribution in [0.4, 0.5) is 4.39 Å². The van der Waals surface area contributed by atoms with Crippen LogP contribution < -0.4 is 4.74 Å². The molecule has 20 heavy (non-hydrogen) atoms. The van der Waals surface area contributed by atoms with Gasteiger partial charge in [-0.2, -0.15) is 0 Å². The Balaban J connectivity index is 2.77. The number of esters is 1. The van der Waals surface area contributed by atoms with Gasteiger partial charge in [-0.25, -0.2) is 14.2 Å². The van der Waals surface area contributed by atoms with Crippen molar-refractivity contribution in [3.05, 3.63) is 35.3 Å². The molecule has 0 radical (unpaired) electrons. The van der Waals surface area contributed by atoms with E-state index in [1.165, 1.54) is 19.2 Å². The minimum atomic E-state index is -0.579. The summed E-state index contributed by atoms with van der Waals surface area (Å²) >= 11 is 0. The Kier molecular flexibility index (Phi) is 3.88. The Bertz CT molecular complexity index is 668. The molecule has 106 valence electrons. The van der Waals surface area contributed by atoms with Gasteiger partial charge in [0.05, 0.1) is 24.1 Å². The molecule has 0 spiro atoms. The molecule has 0 aliphatic carbocycles. The Hall–Kier alpha value is -2.17. The number of methoxy groups -OCH3 is 1. The topological polar surface area (TPSA) is 48.4 Å². The zero-order chi connectivity index (χ0) is 14.9. The van der Waals surface area contributed by atoms with Gasteiger partial charge < -0.3 is 9.47 Å². The summed E-state index contributed by atoms with van der Waals surface area (Å²) in [6.45, 7) is 5.46. The molecular formula is C15H16FNO3. The normalized spacial score (nSPS) is 10.9. The average molecular weight is 277 g/mol. The number of aromatic nitrogens is 1. The van der Waals surface area contributed by atoms with Crippen LogP contribution in [0.25, 0.3) is 10.9 Å². The summed E-state index contributed by atoms with van der Waals surface area (Å²) in [6.07, 6.45) is -0.147. The summed E-state index contributed by atoms with van der Waals surface area (Å²) in [6, 6.07) is 4.39. The number of ether oxygens (including phenoxy) is 2. The molecule has 0 aliphatic heterocycles. The van der Waals surface area contributed by atoms with Crippen LogP contribution in [0.5, 0.6) is 5.75 Å². The van der Waals surface area contributed by atoms with Crippen molar-refractivity contribution in [1.82, 2.24) is 4.98 Å². The molecule has 4 nitrogen and oxygen atoms in total. The van der Waals surface area contributed by atoms with Crippen molar-refractivity contribution >= 4 is 16.9 Å². The molecule has 0 saturated heterocycles. The van der Waals surface area contributed by atoms with E-state index >= 15 is 0 Å².